The van der Waals surface area contributed by atoms with Crippen molar-refractivity contribution in [3.05, 3.63) is 22.7 Å². The molecule has 2 unspecified atom stereocenters. The topological polar surface area (TPSA) is 117 Å². The van der Waals surface area contributed by atoms with Crippen LogP contribution in [0.3, 0.4) is 0 Å². The second kappa shape index (κ2) is 8.67. The molecule has 0 fully saturated rings. The second-order valence-corrected chi connectivity index (χ2v) is 4.73. The van der Waals surface area contributed by atoms with Gasteiger partial charge in [-0.1, -0.05) is 9.39 Å². The standard InChI is InChI=1S/C10H17N5O4P2/c16-8(14(4-2-11-20)6-9(17)18)5-15-3-1-7(13-21)12-10(15)19/h1,3,11H,2,4-6,20-21H2,(H,17,18)(H,12,13,19). The fourth-order valence-corrected chi connectivity index (χ4v) is 1.82. The molecule has 0 aliphatic rings. The van der Waals surface area contributed by atoms with Crippen LogP contribution in [-0.2, 0) is 16.1 Å². The number of nitrogens with one attached hydrogen (secondary N) is 2. The van der Waals surface area contributed by atoms with Crippen molar-refractivity contribution in [1.29, 1.82) is 0 Å². The van der Waals surface area contributed by atoms with Crippen molar-refractivity contribution >= 4 is 36.5 Å². The van der Waals surface area contributed by atoms with Gasteiger partial charge in [0.25, 0.3) is 0 Å². The highest BCUT2D eigenvalue weighted by Gasteiger charge is 2.17. The fourth-order valence-electron chi connectivity index (χ4n) is 1.53. The maximum atomic E-state index is 12.1. The molecule has 116 valence electrons. The molecule has 1 amide bonds. The minimum Gasteiger partial charge on any atom is -0.480 e. The molecular weight excluding hydrogens is 316 g/mol. The molecule has 21 heavy (non-hydrogen) atoms. The Morgan fingerprint density at radius 2 is 2.14 bits per heavy atom. The Morgan fingerprint density at radius 1 is 1.43 bits per heavy atom. The molecule has 3 N–H and O–H groups in total. The van der Waals surface area contributed by atoms with E-state index in [1.54, 1.807) is 0 Å². The van der Waals surface area contributed by atoms with Gasteiger partial charge in [0.2, 0.25) is 5.91 Å². The van der Waals surface area contributed by atoms with Gasteiger partial charge in [0.05, 0.1) is 0 Å². The highest BCUT2D eigenvalue weighted by molar-refractivity contribution is 7.18. The second-order valence-electron chi connectivity index (χ2n) is 4.03. The van der Waals surface area contributed by atoms with Gasteiger partial charge < -0.3 is 15.1 Å². The predicted octanol–water partition coefficient (Wildman–Crippen LogP) is -1.26. The van der Waals surface area contributed by atoms with Crippen LogP contribution in [0.1, 0.15) is 0 Å². The van der Waals surface area contributed by atoms with E-state index < -0.39 is 24.1 Å². The number of hydrogen-bond acceptors (Lipinski definition) is 6. The van der Waals surface area contributed by atoms with Gasteiger partial charge in [0.15, 0.2) is 0 Å². The van der Waals surface area contributed by atoms with E-state index in [0.29, 0.717) is 12.4 Å². The van der Waals surface area contributed by atoms with Crippen molar-refractivity contribution < 1.29 is 14.7 Å². The molecular formula is C10H17N5O4P2. The van der Waals surface area contributed by atoms with E-state index in [1.165, 1.54) is 12.3 Å². The summed E-state index contributed by atoms with van der Waals surface area (Å²) in [6.45, 7) is -0.0273. The van der Waals surface area contributed by atoms with Gasteiger partial charge in [-0.2, -0.15) is 4.98 Å². The van der Waals surface area contributed by atoms with E-state index >= 15 is 0 Å². The summed E-state index contributed by atoms with van der Waals surface area (Å²) in [5, 5.41) is 14.2. The van der Waals surface area contributed by atoms with Gasteiger partial charge >= 0.3 is 11.7 Å². The van der Waals surface area contributed by atoms with Crippen LogP contribution in [0.4, 0.5) is 5.82 Å². The van der Waals surface area contributed by atoms with Crippen molar-refractivity contribution in [3.8, 4) is 0 Å². The van der Waals surface area contributed by atoms with E-state index in [2.05, 4.69) is 33.9 Å². The number of amides is 1. The summed E-state index contributed by atoms with van der Waals surface area (Å²) in [6, 6.07) is 1.54. The first-order valence-electron chi connectivity index (χ1n) is 5.95. The number of anilines is 1. The number of nitrogens with zero attached hydrogens (tertiary/aromatic N) is 3. The number of hydrogen-bond donors (Lipinski definition) is 3. The summed E-state index contributed by atoms with van der Waals surface area (Å²) in [6.07, 6.45) is 1.42. The van der Waals surface area contributed by atoms with E-state index in [4.69, 9.17) is 5.11 Å². The summed E-state index contributed by atoms with van der Waals surface area (Å²) in [5.74, 6) is -1.21. The Bertz CT molecular complexity index is 565. The highest BCUT2D eigenvalue weighted by atomic mass is 31.0. The van der Waals surface area contributed by atoms with Crippen LogP contribution in [-0.4, -0.2) is 51.1 Å². The van der Waals surface area contributed by atoms with Crippen LogP contribution < -0.4 is 15.9 Å². The van der Waals surface area contributed by atoms with Crippen LogP contribution in [0.5, 0.6) is 0 Å². The number of carbonyl (C=O) groups is 2. The normalized spacial score (nSPS) is 10.2. The SMILES string of the molecule is O=C(O)CN(CCNP)C(=O)Cn1ccc(NP)nc1=O. The summed E-state index contributed by atoms with van der Waals surface area (Å²) >= 11 is 0. The predicted molar refractivity (Wildman–Crippen MR) is 83.8 cm³/mol. The molecule has 11 heteroatoms. The minimum atomic E-state index is -1.11. The van der Waals surface area contributed by atoms with E-state index in [1.807, 2.05) is 0 Å². The zero-order valence-electron chi connectivity index (χ0n) is 11.2. The summed E-state index contributed by atoms with van der Waals surface area (Å²) in [4.78, 5) is 39.4. The molecule has 1 aromatic rings. The molecule has 2 atom stereocenters. The number of aliphatic carboxylic acids is 1. The van der Waals surface area contributed by atoms with Gasteiger partial charge in [-0.05, 0) is 15.5 Å². The molecule has 0 bridgehead atoms. The van der Waals surface area contributed by atoms with Crippen molar-refractivity contribution in [1.82, 2.24) is 19.5 Å². The molecule has 1 aromatic heterocycles. The first-order chi connectivity index (χ1) is 9.97. The van der Waals surface area contributed by atoms with E-state index in [0.717, 1.165) is 9.47 Å². The lowest BCUT2D eigenvalue weighted by atomic mass is 10.4. The summed E-state index contributed by atoms with van der Waals surface area (Å²) in [5.41, 5.74) is -0.588. The van der Waals surface area contributed by atoms with Crippen LogP contribution >= 0.6 is 18.8 Å². The van der Waals surface area contributed by atoms with Gasteiger partial charge in [-0.15, -0.1) is 0 Å². The van der Waals surface area contributed by atoms with Crippen molar-refractivity contribution in [2.24, 2.45) is 0 Å². The monoisotopic (exact) mass is 333 g/mol. The molecule has 9 nitrogen and oxygen atoms in total. The number of carboxylic acids is 1. The Balaban J connectivity index is 2.80. The lowest BCUT2D eigenvalue weighted by Gasteiger charge is -2.20. The van der Waals surface area contributed by atoms with Gasteiger partial charge in [-0.3, -0.25) is 19.2 Å². The molecule has 0 saturated carbocycles. The lowest BCUT2D eigenvalue weighted by Crippen LogP contribution is -2.42. The smallest absolute Gasteiger partial charge is 0.349 e. The van der Waals surface area contributed by atoms with Crippen molar-refractivity contribution in [2.75, 3.05) is 24.7 Å². The van der Waals surface area contributed by atoms with E-state index in [9.17, 15) is 14.4 Å². The first-order valence-corrected chi connectivity index (χ1v) is 7.10. The van der Waals surface area contributed by atoms with Crippen LogP contribution in [0.15, 0.2) is 17.1 Å². The van der Waals surface area contributed by atoms with Crippen LogP contribution in [0.2, 0.25) is 0 Å². The zero-order chi connectivity index (χ0) is 15.8. The van der Waals surface area contributed by atoms with Gasteiger partial charge in [0.1, 0.15) is 18.9 Å². The Hall–Kier alpha value is -1.56. The molecule has 1 heterocycles. The Kier molecular flexibility index (Phi) is 7.22. The van der Waals surface area contributed by atoms with Gasteiger partial charge in [-0.25, -0.2) is 4.79 Å². The molecule has 0 aliphatic carbocycles. The molecule has 1 rings (SSSR count). The third kappa shape index (κ3) is 5.75. The molecule has 0 aliphatic heterocycles. The minimum absolute atomic E-state index is 0.224. The summed E-state index contributed by atoms with van der Waals surface area (Å²) < 4.78 is 1.12. The van der Waals surface area contributed by atoms with Crippen LogP contribution in [0, 0.1) is 0 Å². The number of rotatable bonds is 8. The molecule has 0 radical (unpaired) electrons. The molecule has 0 spiro atoms. The summed E-state index contributed by atoms with van der Waals surface area (Å²) in [7, 11) is 4.48. The average Bonchev–Trinajstić information content (AvgIpc) is 2.45. The quantitative estimate of drug-likeness (QED) is 0.508. The zero-order valence-corrected chi connectivity index (χ0v) is 13.5. The van der Waals surface area contributed by atoms with Crippen LogP contribution in [0.25, 0.3) is 0 Å². The van der Waals surface area contributed by atoms with Crippen molar-refractivity contribution in [3.63, 3.8) is 0 Å². The third-order valence-corrected chi connectivity index (χ3v) is 3.12. The fraction of sp³-hybridized carbons (Fsp3) is 0.400. The Labute approximate surface area is 125 Å². The van der Waals surface area contributed by atoms with E-state index in [-0.39, 0.29) is 13.1 Å². The lowest BCUT2D eigenvalue weighted by molar-refractivity contribution is -0.144. The average molecular weight is 333 g/mol. The maximum Gasteiger partial charge on any atom is 0.349 e. The highest BCUT2D eigenvalue weighted by Crippen LogP contribution is 2.00. The number of aromatic nitrogens is 2. The first kappa shape index (κ1) is 17.5. The molecule has 0 saturated heterocycles. The largest absolute Gasteiger partial charge is 0.480 e. The number of carboxylic acid groups (broad SMARTS) is 1. The number of carbonyl (C=O) groups excluding carboxylic acids is 1. The maximum absolute atomic E-state index is 12.1. The molecule has 0 aromatic carbocycles. The van der Waals surface area contributed by atoms with Crippen molar-refractivity contribution in [2.45, 2.75) is 6.54 Å². The third-order valence-electron chi connectivity index (χ3n) is 2.53. The van der Waals surface area contributed by atoms with Gasteiger partial charge in [0, 0.05) is 19.3 Å². The Morgan fingerprint density at radius 3 is 2.67 bits per heavy atom.